The highest BCUT2D eigenvalue weighted by atomic mass is 32.2. The molecule has 3 atom stereocenters. The first kappa shape index (κ1) is 14.9. The molecule has 2 rings (SSSR count). The van der Waals surface area contributed by atoms with Gasteiger partial charge >= 0.3 is 0 Å². The van der Waals surface area contributed by atoms with Crippen LogP contribution < -0.4 is 0 Å². The lowest BCUT2D eigenvalue weighted by molar-refractivity contribution is 0.0881. The normalized spacial score (nSPS) is 26.3. The van der Waals surface area contributed by atoms with Gasteiger partial charge in [-0.15, -0.1) is 11.3 Å². The number of sulfone groups is 1. The Bertz CT molecular complexity index is 550. The van der Waals surface area contributed by atoms with Crippen molar-refractivity contribution in [2.24, 2.45) is 5.92 Å². The molecule has 1 aliphatic carbocycles. The average molecular weight is 303 g/mol. The molecule has 1 saturated carbocycles. The largest absolute Gasteiger partial charge is 0.387 e. The molecule has 6 heteroatoms. The second-order valence-corrected chi connectivity index (χ2v) is 9.07. The topological polar surface area (TPSA) is 67.3 Å². The van der Waals surface area contributed by atoms with E-state index in [4.69, 9.17) is 0 Å². The second kappa shape index (κ2) is 5.50. The van der Waals surface area contributed by atoms with Gasteiger partial charge in [-0.3, -0.25) is 0 Å². The van der Waals surface area contributed by atoms with Crippen LogP contribution in [0.25, 0.3) is 0 Å². The average Bonchev–Trinajstić information content (AvgIpc) is 2.66. The van der Waals surface area contributed by atoms with Crippen molar-refractivity contribution in [3.05, 3.63) is 15.6 Å². The summed E-state index contributed by atoms with van der Waals surface area (Å²) in [5.74, 6) is 0.0343. The summed E-state index contributed by atoms with van der Waals surface area (Å²) < 4.78 is 23.3. The van der Waals surface area contributed by atoms with Crippen LogP contribution in [0.3, 0.4) is 0 Å². The third-order valence-corrected chi connectivity index (χ3v) is 6.71. The fourth-order valence-electron chi connectivity index (χ4n) is 2.89. The van der Waals surface area contributed by atoms with Gasteiger partial charge in [0, 0.05) is 6.26 Å². The van der Waals surface area contributed by atoms with Crippen LogP contribution in [0.2, 0.25) is 0 Å². The molecule has 0 bridgehead atoms. The number of hydrogen-bond acceptors (Lipinski definition) is 5. The van der Waals surface area contributed by atoms with E-state index >= 15 is 0 Å². The number of nitrogens with zero attached hydrogens (tertiary/aromatic N) is 1. The van der Waals surface area contributed by atoms with Gasteiger partial charge in [-0.2, -0.15) is 0 Å². The predicted octanol–water partition coefficient (Wildman–Crippen LogP) is 2.40. The van der Waals surface area contributed by atoms with E-state index in [2.05, 4.69) is 4.98 Å². The lowest BCUT2D eigenvalue weighted by Gasteiger charge is -2.31. The van der Waals surface area contributed by atoms with Crippen LogP contribution in [0.15, 0.2) is 0 Å². The van der Waals surface area contributed by atoms with Crippen LogP contribution in [0, 0.1) is 19.8 Å². The summed E-state index contributed by atoms with van der Waals surface area (Å²) in [7, 11) is -3.00. The van der Waals surface area contributed by atoms with Crippen molar-refractivity contribution in [2.45, 2.75) is 50.9 Å². The number of thiazole rings is 1. The highest BCUT2D eigenvalue weighted by molar-refractivity contribution is 7.91. The molecular weight excluding hydrogens is 282 g/mol. The smallest absolute Gasteiger partial charge is 0.150 e. The SMILES string of the molecule is Cc1nc(C)c(C(O)C2CCCC(S(C)(=O)=O)C2)s1. The van der Waals surface area contributed by atoms with E-state index in [9.17, 15) is 13.5 Å². The molecule has 1 heterocycles. The molecule has 1 aliphatic rings. The molecule has 1 fully saturated rings. The number of aliphatic hydroxyl groups is 1. The molecule has 1 aromatic rings. The lowest BCUT2D eigenvalue weighted by Crippen LogP contribution is -2.30. The Kier molecular flexibility index (Phi) is 4.32. The van der Waals surface area contributed by atoms with Gasteiger partial charge in [0.1, 0.15) is 9.84 Å². The Hall–Kier alpha value is -0.460. The molecule has 1 aromatic heterocycles. The van der Waals surface area contributed by atoms with Gasteiger partial charge in [0.2, 0.25) is 0 Å². The minimum Gasteiger partial charge on any atom is -0.387 e. The van der Waals surface area contributed by atoms with E-state index < -0.39 is 15.9 Å². The first-order chi connectivity index (χ1) is 8.79. The van der Waals surface area contributed by atoms with Gasteiger partial charge in [-0.05, 0) is 39.0 Å². The molecule has 0 spiro atoms. The van der Waals surface area contributed by atoms with E-state index in [-0.39, 0.29) is 11.2 Å². The number of aromatic nitrogens is 1. The van der Waals surface area contributed by atoms with Crippen molar-refractivity contribution in [3.63, 3.8) is 0 Å². The van der Waals surface area contributed by atoms with Crippen molar-refractivity contribution in [2.75, 3.05) is 6.26 Å². The van der Waals surface area contributed by atoms with E-state index in [1.807, 2.05) is 13.8 Å². The maximum atomic E-state index is 11.7. The van der Waals surface area contributed by atoms with Crippen molar-refractivity contribution in [3.8, 4) is 0 Å². The molecule has 4 nitrogen and oxygen atoms in total. The predicted molar refractivity (Wildman–Crippen MR) is 77.1 cm³/mol. The van der Waals surface area contributed by atoms with Crippen molar-refractivity contribution in [1.82, 2.24) is 4.98 Å². The molecule has 1 N–H and O–H groups in total. The fourth-order valence-corrected chi connectivity index (χ4v) is 5.09. The summed E-state index contributed by atoms with van der Waals surface area (Å²) in [5, 5.41) is 11.1. The summed E-state index contributed by atoms with van der Waals surface area (Å²) >= 11 is 1.51. The van der Waals surface area contributed by atoms with Crippen molar-refractivity contribution >= 4 is 21.2 Å². The van der Waals surface area contributed by atoms with E-state index in [1.165, 1.54) is 17.6 Å². The third kappa shape index (κ3) is 3.35. The maximum absolute atomic E-state index is 11.7. The molecule has 0 aliphatic heterocycles. The first-order valence-corrected chi connectivity index (χ1v) is 9.37. The molecule has 108 valence electrons. The first-order valence-electron chi connectivity index (χ1n) is 6.60. The van der Waals surface area contributed by atoms with Crippen LogP contribution in [-0.4, -0.2) is 30.0 Å². The molecule has 3 unspecified atom stereocenters. The Balaban J connectivity index is 2.15. The van der Waals surface area contributed by atoms with Crippen LogP contribution in [0.4, 0.5) is 0 Å². The van der Waals surface area contributed by atoms with E-state index in [0.29, 0.717) is 6.42 Å². The zero-order valence-electron chi connectivity index (χ0n) is 11.6. The summed E-state index contributed by atoms with van der Waals surface area (Å²) in [6, 6.07) is 0. The minimum atomic E-state index is -3.00. The molecule has 19 heavy (non-hydrogen) atoms. The lowest BCUT2D eigenvalue weighted by atomic mass is 9.84. The molecule has 0 aromatic carbocycles. The van der Waals surface area contributed by atoms with E-state index in [0.717, 1.165) is 34.8 Å². The van der Waals surface area contributed by atoms with E-state index in [1.54, 1.807) is 0 Å². The fraction of sp³-hybridized carbons (Fsp3) is 0.769. The number of aryl methyl sites for hydroxylation is 2. The van der Waals surface area contributed by atoms with Gasteiger partial charge < -0.3 is 5.11 Å². The van der Waals surface area contributed by atoms with Crippen molar-refractivity contribution < 1.29 is 13.5 Å². The zero-order chi connectivity index (χ0) is 14.2. The Morgan fingerprint density at radius 1 is 1.37 bits per heavy atom. The van der Waals surface area contributed by atoms with Crippen LogP contribution >= 0.6 is 11.3 Å². The van der Waals surface area contributed by atoms with Gasteiger partial charge in [-0.25, -0.2) is 13.4 Å². The van der Waals surface area contributed by atoms with Crippen LogP contribution in [0.5, 0.6) is 0 Å². The van der Waals surface area contributed by atoms with Crippen molar-refractivity contribution in [1.29, 1.82) is 0 Å². The maximum Gasteiger partial charge on any atom is 0.150 e. The number of hydrogen-bond donors (Lipinski definition) is 1. The third-order valence-electron chi connectivity index (χ3n) is 3.93. The summed E-state index contributed by atoms with van der Waals surface area (Å²) in [5.41, 5.74) is 0.872. The highest BCUT2D eigenvalue weighted by Gasteiger charge is 2.34. The standard InChI is InChI=1S/C13H21NO3S2/c1-8-13(18-9(2)14-8)12(15)10-5-4-6-11(7-10)19(3,16)17/h10-12,15H,4-7H2,1-3H3. The van der Waals surface area contributed by atoms with Crippen LogP contribution in [0.1, 0.15) is 47.4 Å². The summed E-state index contributed by atoms with van der Waals surface area (Å²) in [6.45, 7) is 3.83. The highest BCUT2D eigenvalue weighted by Crippen LogP contribution is 2.39. The molecule has 0 saturated heterocycles. The number of rotatable bonds is 3. The Morgan fingerprint density at radius 2 is 2.05 bits per heavy atom. The number of aliphatic hydroxyl groups excluding tert-OH is 1. The Morgan fingerprint density at radius 3 is 2.58 bits per heavy atom. The Labute approximate surface area is 118 Å². The summed E-state index contributed by atoms with van der Waals surface area (Å²) in [4.78, 5) is 5.23. The van der Waals surface area contributed by atoms with Gasteiger partial charge in [0.05, 0.1) is 26.9 Å². The minimum absolute atomic E-state index is 0.0343. The molecule has 0 amide bonds. The quantitative estimate of drug-likeness (QED) is 0.931. The van der Waals surface area contributed by atoms with Crippen LogP contribution in [-0.2, 0) is 9.84 Å². The summed E-state index contributed by atoms with van der Waals surface area (Å²) in [6.07, 6.45) is 3.78. The van der Waals surface area contributed by atoms with Gasteiger partial charge in [0.15, 0.2) is 0 Å². The molecule has 0 radical (unpaired) electrons. The second-order valence-electron chi connectivity index (χ2n) is 5.51. The van der Waals surface area contributed by atoms with Gasteiger partial charge in [-0.1, -0.05) is 6.42 Å². The van der Waals surface area contributed by atoms with Gasteiger partial charge in [0.25, 0.3) is 0 Å². The monoisotopic (exact) mass is 303 g/mol. The zero-order valence-corrected chi connectivity index (χ0v) is 13.2. The molecular formula is C13H21NO3S2.